The first-order valence-electron chi connectivity index (χ1n) is 4.49. The normalized spacial score (nSPS) is 14.8. The van der Waals surface area contributed by atoms with E-state index < -0.39 is 16.8 Å². The molecule has 1 heterocycles. The maximum Gasteiger partial charge on any atom is 0.304 e. The maximum atomic E-state index is 11.7. The van der Waals surface area contributed by atoms with Crippen LogP contribution in [0.4, 0.5) is 0 Å². The molecule has 0 aliphatic carbocycles. The SMILES string of the molecule is Cc1csc(CS(=O)C(C)CC(=O)O)n1. The lowest BCUT2D eigenvalue weighted by Gasteiger charge is -2.06. The topological polar surface area (TPSA) is 67.3 Å². The summed E-state index contributed by atoms with van der Waals surface area (Å²) in [4.78, 5) is 14.6. The molecule has 1 aromatic rings. The Labute approximate surface area is 94.8 Å². The Bertz CT molecular complexity index is 375. The van der Waals surface area contributed by atoms with Crippen molar-refractivity contribution in [2.24, 2.45) is 0 Å². The number of carboxylic acids is 1. The fourth-order valence-corrected chi connectivity index (χ4v) is 3.17. The third-order valence-corrected chi connectivity index (χ3v) is 4.61. The molecule has 0 bridgehead atoms. The van der Waals surface area contributed by atoms with Gasteiger partial charge in [-0.15, -0.1) is 11.3 Å². The van der Waals surface area contributed by atoms with Gasteiger partial charge in [-0.3, -0.25) is 9.00 Å². The highest BCUT2D eigenvalue weighted by Gasteiger charge is 2.16. The van der Waals surface area contributed by atoms with E-state index in [0.717, 1.165) is 10.7 Å². The number of aryl methyl sites for hydroxylation is 1. The Morgan fingerprint density at radius 3 is 2.87 bits per heavy atom. The van der Waals surface area contributed by atoms with Crippen molar-refractivity contribution in [3.05, 3.63) is 16.1 Å². The van der Waals surface area contributed by atoms with E-state index in [0.29, 0.717) is 5.75 Å². The van der Waals surface area contributed by atoms with Gasteiger partial charge in [0.15, 0.2) is 0 Å². The zero-order valence-corrected chi connectivity index (χ0v) is 10.2. The predicted molar refractivity (Wildman–Crippen MR) is 60.4 cm³/mol. The molecule has 0 amide bonds. The van der Waals surface area contributed by atoms with E-state index in [4.69, 9.17) is 5.11 Å². The standard InChI is InChI=1S/C9H13NO3S2/c1-6-4-14-8(10-6)5-15(13)7(2)3-9(11)12/h4,7H,3,5H2,1-2H3,(H,11,12). The molecule has 2 atom stereocenters. The third-order valence-electron chi connectivity index (χ3n) is 1.84. The smallest absolute Gasteiger partial charge is 0.304 e. The summed E-state index contributed by atoms with van der Waals surface area (Å²) >= 11 is 1.46. The molecule has 1 aromatic heterocycles. The fourth-order valence-electron chi connectivity index (χ4n) is 1.07. The molecule has 0 saturated carbocycles. The van der Waals surface area contributed by atoms with Crippen LogP contribution in [0.15, 0.2) is 5.38 Å². The summed E-state index contributed by atoms with van der Waals surface area (Å²) in [6.07, 6.45) is -0.0586. The highest BCUT2D eigenvalue weighted by molar-refractivity contribution is 7.85. The Morgan fingerprint density at radius 1 is 1.73 bits per heavy atom. The molecule has 0 aromatic carbocycles. The molecule has 1 rings (SSSR count). The third kappa shape index (κ3) is 4.09. The van der Waals surface area contributed by atoms with Gasteiger partial charge in [0, 0.05) is 27.1 Å². The molecular formula is C9H13NO3S2. The van der Waals surface area contributed by atoms with Gasteiger partial charge >= 0.3 is 5.97 Å². The minimum absolute atomic E-state index is 0.0586. The molecule has 15 heavy (non-hydrogen) atoms. The van der Waals surface area contributed by atoms with Crippen LogP contribution >= 0.6 is 11.3 Å². The second kappa shape index (κ2) is 5.37. The minimum atomic E-state index is -1.16. The highest BCUT2D eigenvalue weighted by atomic mass is 32.2. The number of aromatic nitrogens is 1. The first kappa shape index (κ1) is 12.3. The zero-order chi connectivity index (χ0) is 11.4. The van der Waals surface area contributed by atoms with Crippen molar-refractivity contribution in [3.8, 4) is 0 Å². The summed E-state index contributed by atoms with van der Waals surface area (Å²) in [5.41, 5.74) is 0.915. The largest absolute Gasteiger partial charge is 0.481 e. The van der Waals surface area contributed by atoms with E-state index in [9.17, 15) is 9.00 Å². The molecule has 84 valence electrons. The molecule has 0 aliphatic rings. The monoisotopic (exact) mass is 247 g/mol. The van der Waals surface area contributed by atoms with Crippen LogP contribution in [0.2, 0.25) is 0 Å². The van der Waals surface area contributed by atoms with Crippen LogP contribution in [0.5, 0.6) is 0 Å². The van der Waals surface area contributed by atoms with Crippen molar-refractivity contribution < 1.29 is 14.1 Å². The number of aliphatic carboxylic acids is 1. The molecule has 6 heteroatoms. The van der Waals surface area contributed by atoms with Gasteiger partial charge in [0.1, 0.15) is 5.01 Å². The molecule has 0 radical (unpaired) electrons. The zero-order valence-electron chi connectivity index (χ0n) is 8.60. The molecule has 1 N–H and O–H groups in total. The van der Waals surface area contributed by atoms with Crippen LogP contribution < -0.4 is 0 Å². The lowest BCUT2D eigenvalue weighted by molar-refractivity contribution is -0.136. The first-order valence-corrected chi connectivity index (χ1v) is 6.75. The minimum Gasteiger partial charge on any atom is -0.481 e. The van der Waals surface area contributed by atoms with Gasteiger partial charge in [0.05, 0.1) is 12.2 Å². The lowest BCUT2D eigenvalue weighted by Crippen LogP contribution is -2.17. The quantitative estimate of drug-likeness (QED) is 0.857. The van der Waals surface area contributed by atoms with Crippen molar-refractivity contribution in [1.82, 2.24) is 4.98 Å². The molecule has 0 saturated heterocycles. The number of carbonyl (C=O) groups is 1. The average molecular weight is 247 g/mol. The Balaban J connectivity index is 2.52. The maximum absolute atomic E-state index is 11.7. The Morgan fingerprint density at radius 2 is 2.40 bits per heavy atom. The van der Waals surface area contributed by atoms with E-state index in [-0.39, 0.29) is 11.7 Å². The van der Waals surface area contributed by atoms with Crippen molar-refractivity contribution in [2.75, 3.05) is 0 Å². The summed E-state index contributed by atoms with van der Waals surface area (Å²) in [6, 6.07) is 0. The van der Waals surface area contributed by atoms with Crippen molar-refractivity contribution in [1.29, 1.82) is 0 Å². The summed E-state index contributed by atoms with van der Waals surface area (Å²) in [5, 5.41) is 10.9. The van der Waals surface area contributed by atoms with Gasteiger partial charge in [-0.1, -0.05) is 6.92 Å². The van der Waals surface area contributed by atoms with Crippen molar-refractivity contribution >= 4 is 28.1 Å². The Kier molecular flexibility index (Phi) is 4.41. The van der Waals surface area contributed by atoms with Crippen LogP contribution in [-0.4, -0.2) is 25.5 Å². The molecule has 0 aliphatic heterocycles. The number of hydrogen-bond acceptors (Lipinski definition) is 4. The number of rotatable bonds is 5. The second-order valence-electron chi connectivity index (χ2n) is 3.32. The molecule has 0 fully saturated rings. The molecule has 2 unspecified atom stereocenters. The number of thiazole rings is 1. The fraction of sp³-hybridized carbons (Fsp3) is 0.556. The average Bonchev–Trinajstić information content (AvgIpc) is 2.50. The van der Waals surface area contributed by atoms with Crippen LogP contribution in [0.1, 0.15) is 24.0 Å². The van der Waals surface area contributed by atoms with Gasteiger partial charge in [-0.05, 0) is 6.92 Å². The van der Waals surface area contributed by atoms with Gasteiger partial charge < -0.3 is 5.11 Å². The van der Waals surface area contributed by atoms with Crippen LogP contribution in [-0.2, 0) is 21.3 Å². The van der Waals surface area contributed by atoms with E-state index in [1.807, 2.05) is 12.3 Å². The summed E-state index contributed by atoms with van der Waals surface area (Å²) in [7, 11) is -1.16. The van der Waals surface area contributed by atoms with E-state index in [2.05, 4.69) is 4.98 Å². The summed E-state index contributed by atoms with van der Waals surface area (Å²) in [6.45, 7) is 3.56. The van der Waals surface area contributed by atoms with Crippen LogP contribution in [0, 0.1) is 6.92 Å². The van der Waals surface area contributed by atoms with E-state index in [1.165, 1.54) is 11.3 Å². The number of nitrogens with zero attached hydrogens (tertiary/aromatic N) is 1. The van der Waals surface area contributed by atoms with E-state index in [1.54, 1.807) is 6.92 Å². The van der Waals surface area contributed by atoms with Crippen molar-refractivity contribution in [2.45, 2.75) is 31.3 Å². The van der Waals surface area contributed by atoms with Gasteiger partial charge in [-0.25, -0.2) is 4.98 Å². The molecule has 0 spiro atoms. The predicted octanol–water partition coefficient (Wildman–Crippen LogP) is 1.56. The van der Waals surface area contributed by atoms with Crippen LogP contribution in [0.3, 0.4) is 0 Å². The van der Waals surface area contributed by atoms with Gasteiger partial charge in [-0.2, -0.15) is 0 Å². The number of carboxylic acid groups (broad SMARTS) is 1. The number of hydrogen-bond donors (Lipinski definition) is 1. The molecular weight excluding hydrogens is 234 g/mol. The summed E-state index contributed by atoms with van der Waals surface area (Å²) in [5.74, 6) is -0.557. The second-order valence-corrected chi connectivity index (χ2v) is 6.11. The first-order chi connectivity index (χ1) is 6.99. The van der Waals surface area contributed by atoms with Gasteiger partial charge in [0.2, 0.25) is 0 Å². The molecule has 4 nitrogen and oxygen atoms in total. The van der Waals surface area contributed by atoms with Crippen molar-refractivity contribution in [3.63, 3.8) is 0 Å². The van der Waals surface area contributed by atoms with Crippen LogP contribution in [0.25, 0.3) is 0 Å². The Hall–Kier alpha value is -0.750. The highest BCUT2D eigenvalue weighted by Crippen LogP contribution is 2.14. The van der Waals surface area contributed by atoms with Gasteiger partial charge in [0.25, 0.3) is 0 Å². The summed E-state index contributed by atoms with van der Waals surface area (Å²) < 4.78 is 11.7. The lowest BCUT2D eigenvalue weighted by atomic mass is 10.3. The van der Waals surface area contributed by atoms with E-state index >= 15 is 0 Å².